The summed E-state index contributed by atoms with van der Waals surface area (Å²) in [5, 5.41) is 20.5. The number of nitrogens with zero attached hydrogens (tertiary/aromatic N) is 4. The number of hydrogen-bond acceptors (Lipinski definition) is 5. The summed E-state index contributed by atoms with van der Waals surface area (Å²) in [4.78, 5) is 0.504. The predicted molar refractivity (Wildman–Crippen MR) is 61.1 cm³/mol. The third kappa shape index (κ3) is 3.08. The Balaban J connectivity index is 2.91. The number of aryl methyl sites for hydroxylation is 1. The van der Waals surface area contributed by atoms with E-state index in [0.717, 1.165) is 5.56 Å². The lowest BCUT2D eigenvalue weighted by Gasteiger charge is -2.13. The van der Waals surface area contributed by atoms with Gasteiger partial charge in [0.25, 0.3) is 0 Å². The molecule has 0 aliphatic carbocycles. The van der Waals surface area contributed by atoms with Crippen LogP contribution in [0.4, 0.5) is 5.82 Å². The number of hydrogen-bond donors (Lipinski definition) is 0. The molecule has 16 heavy (non-hydrogen) atoms. The fraction of sp³-hybridized carbons (Fsp3) is 0.500. The smallest absolute Gasteiger partial charge is 0.221 e. The molecule has 0 saturated carbocycles. The van der Waals surface area contributed by atoms with Crippen molar-refractivity contribution in [2.24, 2.45) is 5.10 Å². The van der Waals surface area contributed by atoms with Gasteiger partial charge in [0.05, 0.1) is 6.61 Å². The third-order valence-corrected chi connectivity index (χ3v) is 1.95. The van der Waals surface area contributed by atoms with Crippen LogP contribution in [-0.4, -0.2) is 24.7 Å². The molecule has 0 spiro atoms. The van der Waals surface area contributed by atoms with E-state index in [1.165, 1.54) is 11.2 Å². The van der Waals surface area contributed by atoms with E-state index >= 15 is 0 Å². The van der Waals surface area contributed by atoms with Gasteiger partial charge in [-0.15, -0.1) is 5.10 Å². The minimum Gasteiger partial charge on any atom is -0.594 e. The van der Waals surface area contributed by atoms with Crippen molar-refractivity contribution < 1.29 is 9.58 Å². The number of aromatic nitrogens is 2. The van der Waals surface area contributed by atoms with Crippen molar-refractivity contribution in [3.8, 4) is 0 Å². The van der Waals surface area contributed by atoms with Crippen LogP contribution in [0, 0.1) is 12.1 Å². The van der Waals surface area contributed by atoms with E-state index in [2.05, 4.69) is 10.2 Å². The minimum absolute atomic E-state index is 0.504. The molecule has 0 fully saturated rings. The zero-order valence-corrected chi connectivity index (χ0v) is 9.97. The van der Waals surface area contributed by atoms with E-state index in [9.17, 15) is 5.21 Å². The summed E-state index contributed by atoms with van der Waals surface area (Å²) in [6.07, 6.45) is 1.35. The molecular weight excluding hydrogens is 208 g/mol. The van der Waals surface area contributed by atoms with Gasteiger partial charge in [-0.1, -0.05) is 4.85 Å². The average Bonchev–Trinajstić information content (AvgIpc) is 2.21. The fourth-order valence-electron chi connectivity index (χ4n) is 1.27. The van der Waals surface area contributed by atoms with E-state index in [1.54, 1.807) is 20.0 Å². The monoisotopic (exact) mass is 224 g/mol. The molecule has 0 saturated heterocycles. The summed E-state index contributed by atoms with van der Waals surface area (Å²) in [7, 11) is 1.72. The van der Waals surface area contributed by atoms with Crippen molar-refractivity contribution in [1.82, 2.24) is 5.10 Å². The molecule has 88 valence electrons. The van der Waals surface area contributed by atoms with E-state index in [-0.39, 0.29) is 0 Å². The predicted octanol–water partition coefficient (Wildman–Crippen LogP) is 0.830. The quantitative estimate of drug-likeness (QED) is 0.251. The van der Waals surface area contributed by atoms with Crippen LogP contribution in [0.3, 0.4) is 0 Å². The molecule has 1 aromatic rings. The summed E-state index contributed by atoms with van der Waals surface area (Å²) in [5.41, 5.74) is 0.877. The van der Waals surface area contributed by atoms with Crippen molar-refractivity contribution in [3.05, 3.63) is 23.0 Å². The summed E-state index contributed by atoms with van der Waals surface area (Å²) in [6, 6.07) is 1.69. The van der Waals surface area contributed by atoms with E-state index in [4.69, 9.17) is 4.74 Å². The Labute approximate surface area is 94.7 Å². The Kier molecular flexibility index (Phi) is 4.04. The average molecular weight is 224 g/mol. The second-order valence-electron chi connectivity index (χ2n) is 3.30. The molecule has 6 heteroatoms. The van der Waals surface area contributed by atoms with Crippen molar-refractivity contribution in [3.63, 3.8) is 0 Å². The van der Waals surface area contributed by atoms with Crippen LogP contribution >= 0.6 is 0 Å². The molecule has 1 heterocycles. The van der Waals surface area contributed by atoms with Crippen LogP contribution in [0.25, 0.3) is 0 Å². The Morgan fingerprint density at radius 3 is 3.00 bits per heavy atom. The molecule has 0 bridgehead atoms. The van der Waals surface area contributed by atoms with Crippen molar-refractivity contribution >= 4 is 11.7 Å². The van der Waals surface area contributed by atoms with Gasteiger partial charge in [0, 0.05) is 30.7 Å². The summed E-state index contributed by atoms with van der Waals surface area (Å²) in [6.45, 7) is 6.07. The minimum atomic E-state index is 0.504. The maximum atomic E-state index is 11.1. The van der Waals surface area contributed by atoms with Crippen molar-refractivity contribution in [2.45, 2.75) is 20.8 Å². The molecule has 0 aliphatic rings. The third-order valence-electron chi connectivity index (χ3n) is 1.95. The second kappa shape index (κ2) is 5.29. The SMILES string of the molecule is CCOC(C)=NN(C)c1n[n+]([O-])ccc1C. The van der Waals surface area contributed by atoms with Gasteiger partial charge in [0.15, 0.2) is 0 Å². The normalized spacial score (nSPS) is 11.4. The highest BCUT2D eigenvalue weighted by molar-refractivity contribution is 5.74. The van der Waals surface area contributed by atoms with Crippen LogP contribution in [0.2, 0.25) is 0 Å². The number of rotatable bonds is 3. The maximum absolute atomic E-state index is 11.1. The van der Waals surface area contributed by atoms with Crippen molar-refractivity contribution in [1.29, 1.82) is 0 Å². The Morgan fingerprint density at radius 2 is 2.38 bits per heavy atom. The topological polar surface area (TPSA) is 64.7 Å². The first kappa shape index (κ1) is 12.2. The molecule has 1 aromatic heterocycles. The summed E-state index contributed by atoms with van der Waals surface area (Å²) >= 11 is 0. The lowest BCUT2D eigenvalue weighted by molar-refractivity contribution is -0.668. The number of ether oxygens (including phenoxy) is 1. The van der Waals surface area contributed by atoms with E-state index in [1.807, 2.05) is 13.8 Å². The Morgan fingerprint density at radius 1 is 1.69 bits per heavy atom. The highest BCUT2D eigenvalue weighted by Crippen LogP contribution is 2.12. The standard InChI is InChI=1S/C10H16N4O2/c1-5-16-9(3)11-13(4)10-8(2)6-7-14(15)12-10/h6-7H,5H2,1-4H3. The van der Waals surface area contributed by atoms with E-state index < -0.39 is 0 Å². The molecule has 0 aliphatic heterocycles. The fourth-order valence-corrected chi connectivity index (χ4v) is 1.27. The highest BCUT2D eigenvalue weighted by atomic mass is 16.5. The molecule has 0 N–H and O–H groups in total. The molecule has 0 amide bonds. The number of hydrazone groups is 1. The molecular formula is C10H16N4O2. The van der Waals surface area contributed by atoms with Gasteiger partial charge in [-0.25, -0.2) is 5.01 Å². The van der Waals surface area contributed by atoms with Gasteiger partial charge < -0.3 is 9.94 Å². The van der Waals surface area contributed by atoms with Gasteiger partial charge >= 0.3 is 0 Å². The van der Waals surface area contributed by atoms with Gasteiger partial charge in [-0.3, -0.25) is 0 Å². The number of anilines is 1. The molecule has 0 unspecified atom stereocenters. The van der Waals surface area contributed by atoms with Crippen LogP contribution < -0.4 is 9.85 Å². The molecule has 0 aromatic carbocycles. The lowest BCUT2D eigenvalue weighted by atomic mass is 10.3. The zero-order valence-electron chi connectivity index (χ0n) is 9.97. The van der Waals surface area contributed by atoms with Crippen LogP contribution in [0.5, 0.6) is 0 Å². The van der Waals surface area contributed by atoms with Crippen LogP contribution in [0.15, 0.2) is 17.4 Å². The van der Waals surface area contributed by atoms with E-state index in [0.29, 0.717) is 23.2 Å². The Hall–Kier alpha value is -1.85. The summed E-state index contributed by atoms with van der Waals surface area (Å²) < 4.78 is 5.20. The first-order valence-electron chi connectivity index (χ1n) is 5.03. The van der Waals surface area contributed by atoms with Gasteiger partial charge in [-0.2, -0.15) is 0 Å². The highest BCUT2D eigenvalue weighted by Gasteiger charge is 2.10. The molecule has 6 nitrogen and oxygen atoms in total. The largest absolute Gasteiger partial charge is 0.594 e. The van der Waals surface area contributed by atoms with Crippen LogP contribution in [-0.2, 0) is 4.74 Å². The first-order valence-corrected chi connectivity index (χ1v) is 5.03. The summed E-state index contributed by atoms with van der Waals surface area (Å²) in [5.74, 6) is 1.05. The second-order valence-corrected chi connectivity index (χ2v) is 3.30. The van der Waals surface area contributed by atoms with Gasteiger partial charge in [-0.05, 0) is 13.8 Å². The molecule has 0 radical (unpaired) electrons. The molecule has 0 atom stereocenters. The lowest BCUT2D eigenvalue weighted by Crippen LogP contribution is -2.33. The van der Waals surface area contributed by atoms with Crippen molar-refractivity contribution in [2.75, 3.05) is 18.7 Å². The van der Waals surface area contributed by atoms with Gasteiger partial charge in [0.1, 0.15) is 0 Å². The van der Waals surface area contributed by atoms with Gasteiger partial charge in [0.2, 0.25) is 17.9 Å². The molecule has 1 rings (SSSR count). The maximum Gasteiger partial charge on any atom is 0.221 e. The Bertz CT molecular complexity index is 392. The van der Waals surface area contributed by atoms with Crippen LogP contribution in [0.1, 0.15) is 19.4 Å². The first-order chi connectivity index (χ1) is 7.54. The zero-order chi connectivity index (χ0) is 12.1.